The van der Waals surface area contributed by atoms with Crippen molar-refractivity contribution in [2.45, 2.75) is 185 Å². The molecule has 4 rings (SSSR count). The van der Waals surface area contributed by atoms with Gasteiger partial charge in [0, 0.05) is 42.5 Å². The molecule has 34 nitrogen and oxygen atoms in total. The van der Waals surface area contributed by atoms with E-state index in [9.17, 15) is 90.2 Å². The van der Waals surface area contributed by atoms with Crippen molar-refractivity contribution in [3.05, 3.63) is 30.3 Å². The summed E-state index contributed by atoms with van der Waals surface area (Å²) in [5.74, 6) is -5.26. The van der Waals surface area contributed by atoms with Crippen LogP contribution in [-0.2, 0) is 132 Å². The topological polar surface area (TPSA) is 489 Å². The summed E-state index contributed by atoms with van der Waals surface area (Å²) >= 11 is 3.72. The number of hydrogen-bond donors (Lipinski definition) is 6. The number of carboxylic acids is 1. The number of thioether (sulfide) groups is 4. The number of carbonyl (C=O) groups excluding carboxylic acids is 11. The lowest BCUT2D eigenvalue weighted by Crippen LogP contribution is -2.41. The molecule has 0 amide bonds. The molecule has 3 aliphatic rings. The second-order valence-electron chi connectivity index (χ2n) is 26.3. The highest BCUT2D eigenvalue weighted by molar-refractivity contribution is 8.14. The third-order valence-corrected chi connectivity index (χ3v) is 22.2. The minimum Gasteiger partial charge on any atom is -0.480 e. The molecule has 0 spiro atoms. The first-order valence-corrected chi connectivity index (χ1v) is 42.4. The van der Waals surface area contributed by atoms with Crippen molar-refractivity contribution in [2.75, 3.05) is 117 Å². The lowest BCUT2D eigenvalue weighted by atomic mass is 9.94. The number of carbonyl (C=O) groups is 12. The van der Waals surface area contributed by atoms with E-state index in [1.807, 2.05) is 13.8 Å². The summed E-state index contributed by atoms with van der Waals surface area (Å²) in [6.45, 7) is 29.5. The van der Waals surface area contributed by atoms with Gasteiger partial charge in [0.1, 0.15) is 65.7 Å². The van der Waals surface area contributed by atoms with E-state index in [1.54, 1.807) is 37.3 Å². The highest BCUT2D eigenvalue weighted by Crippen LogP contribution is 2.49. The predicted molar refractivity (Wildman–Crippen MR) is 411 cm³/mol. The zero-order chi connectivity index (χ0) is 87.7. The van der Waals surface area contributed by atoms with Crippen molar-refractivity contribution in [1.82, 2.24) is 0 Å². The molecule has 43 heteroatoms. The largest absolute Gasteiger partial charge is 0.504 e. The number of rotatable bonds is 30. The van der Waals surface area contributed by atoms with Crippen molar-refractivity contribution >= 4 is 145 Å². The molecule has 0 aliphatic carbocycles. The van der Waals surface area contributed by atoms with Crippen LogP contribution in [-0.4, -0.2) is 259 Å². The van der Waals surface area contributed by atoms with E-state index in [-0.39, 0.29) is 67.2 Å². The zero-order valence-electron chi connectivity index (χ0n) is 67.5. The molecule has 3 unspecified atom stereocenters. The number of aliphatic hydroxyl groups is 4. The lowest BCUT2D eigenvalue weighted by Gasteiger charge is -2.28. The summed E-state index contributed by atoms with van der Waals surface area (Å²) in [5, 5.41) is 46.4. The minimum atomic E-state index is -3.99. The van der Waals surface area contributed by atoms with Crippen LogP contribution in [0.5, 0.6) is 0 Å². The number of aliphatic carboxylic acids is 1. The molecule has 1 aromatic carbocycles. The summed E-state index contributed by atoms with van der Waals surface area (Å²) < 4.78 is 125. The number of anilines is 1. The maximum absolute atomic E-state index is 14.5. The normalized spacial score (nSPS) is 21.1. The molecule has 11 atom stereocenters. The van der Waals surface area contributed by atoms with Gasteiger partial charge in [-0.1, -0.05) is 79.1 Å². The predicted octanol–water partition coefficient (Wildman–Crippen LogP) is 9.05. The van der Waals surface area contributed by atoms with Crippen molar-refractivity contribution in [3.8, 4) is 0 Å². The third-order valence-electron chi connectivity index (χ3n) is 15.0. The van der Waals surface area contributed by atoms with Gasteiger partial charge in [0.05, 0.1) is 74.2 Å². The molecule has 0 saturated carbocycles. The molecule has 111 heavy (non-hydrogen) atoms. The van der Waals surface area contributed by atoms with Crippen LogP contribution in [0.3, 0.4) is 0 Å². The van der Waals surface area contributed by atoms with Crippen molar-refractivity contribution < 1.29 is 166 Å². The molecule has 3 saturated heterocycles. The Bertz CT molecular complexity index is 3160. The monoisotopic (exact) mass is 1730 g/mol. The molecule has 3 fully saturated rings. The van der Waals surface area contributed by atoms with Gasteiger partial charge in [0.2, 0.25) is 20.5 Å². The van der Waals surface area contributed by atoms with Crippen LogP contribution in [0.1, 0.15) is 131 Å². The summed E-state index contributed by atoms with van der Waals surface area (Å²) in [4.78, 5) is 135. The number of cyclic esters (lactones) is 2. The van der Waals surface area contributed by atoms with Gasteiger partial charge in [-0.15, -0.1) is 9.05 Å². The van der Waals surface area contributed by atoms with Crippen LogP contribution in [0.15, 0.2) is 30.3 Å². The molecule has 6 N–H and O–H groups in total. The minimum absolute atomic E-state index is 0.0757. The Balaban J connectivity index is -0.000000632. The van der Waals surface area contributed by atoms with Gasteiger partial charge in [0.15, 0.2) is 30.1 Å². The molecule has 3 aliphatic heterocycles. The first-order valence-electron chi connectivity index (χ1n) is 33.7. The van der Waals surface area contributed by atoms with Crippen LogP contribution in [0.4, 0.5) is 14.5 Å². The van der Waals surface area contributed by atoms with Crippen LogP contribution in [0, 0.1) is 27.1 Å². The number of ether oxygens (including phenoxy) is 9. The third kappa shape index (κ3) is 40.3. The molecular formula is C68H114F2NO33P3S4+2. The molecule has 0 aromatic heterocycles. The van der Waals surface area contributed by atoms with E-state index in [4.69, 9.17) is 42.9 Å². The lowest BCUT2D eigenvalue weighted by molar-refractivity contribution is -0.231. The van der Waals surface area contributed by atoms with E-state index in [1.165, 1.54) is 146 Å². The van der Waals surface area contributed by atoms with Crippen molar-refractivity contribution in [2.24, 2.45) is 27.1 Å². The summed E-state index contributed by atoms with van der Waals surface area (Å²) in [5.41, 5.74) is -9.49. The molecule has 3 heterocycles. The SMILES string of the molecule is CC.CC1(C)OC(=O)CC(=O)O1.COC(=O)C(C)(C)C(=O)O.COC(=O)C(C)(C)C(=O)SCCO.COC(=O)C(C)(C)C(=O)SCCOP(=O)(Nc1ccccc1)OC[C@H]1O[C@@H](C)[C@](C)(F)[C@@H]1O.COC(=O)C(C)(C)C(=O)SCCO[P+](C)=O.COC(=O)C(C)(C)C(=O)SCCO[P+](C)=O.C[C@@H]1O[C@H](CO)[C@@H](O)[C@@]1(C)F. The molecule has 0 radical (unpaired) electrons. The first-order chi connectivity index (χ1) is 50.8. The Labute approximate surface area is 666 Å². The number of aliphatic hydroxyl groups excluding tert-OH is 4. The fourth-order valence-corrected chi connectivity index (χ4v) is 13.1. The van der Waals surface area contributed by atoms with Gasteiger partial charge in [0.25, 0.3) is 5.79 Å². The van der Waals surface area contributed by atoms with Gasteiger partial charge in [-0.3, -0.25) is 71.7 Å². The number of carboxylic acid groups (broad SMARTS) is 1. The number of esters is 7. The average Bonchev–Trinajstić information content (AvgIpc) is 1.65. The summed E-state index contributed by atoms with van der Waals surface area (Å²) in [7, 11) is -1.18. The number of hydrogen-bond acceptors (Lipinski definition) is 36. The zero-order valence-corrected chi connectivity index (χ0v) is 73.5. The maximum Gasteiger partial charge on any atom is 0.504 e. The van der Waals surface area contributed by atoms with E-state index in [0.717, 1.165) is 54.2 Å². The van der Waals surface area contributed by atoms with E-state index >= 15 is 0 Å². The molecule has 640 valence electrons. The molecular weight excluding hydrogens is 1620 g/mol. The quantitative estimate of drug-likeness (QED) is 0.0137. The number of nitrogens with one attached hydrogen (secondary N) is 1. The first kappa shape index (κ1) is 112. The van der Waals surface area contributed by atoms with Crippen LogP contribution in [0.25, 0.3) is 0 Å². The van der Waals surface area contributed by atoms with Gasteiger partial charge in [-0.2, -0.15) is 0 Å². The Morgan fingerprint density at radius 3 is 1.10 bits per heavy atom. The Morgan fingerprint density at radius 2 is 0.847 bits per heavy atom. The van der Waals surface area contributed by atoms with E-state index < -0.39 is 157 Å². The van der Waals surface area contributed by atoms with Crippen molar-refractivity contribution in [3.63, 3.8) is 0 Å². The van der Waals surface area contributed by atoms with Crippen LogP contribution < -0.4 is 5.09 Å². The van der Waals surface area contributed by atoms with Crippen LogP contribution in [0.2, 0.25) is 0 Å². The van der Waals surface area contributed by atoms with E-state index in [2.05, 4.69) is 38.2 Å². The molecule has 0 bridgehead atoms. The maximum atomic E-state index is 14.5. The van der Waals surface area contributed by atoms with Gasteiger partial charge >= 0.3 is 71.6 Å². The second kappa shape index (κ2) is 53.1. The summed E-state index contributed by atoms with van der Waals surface area (Å²) in [6.07, 6.45) is -6.31. The van der Waals surface area contributed by atoms with E-state index in [0.29, 0.717) is 22.9 Å². The molecule has 1 aromatic rings. The average molecular weight is 1730 g/mol. The highest BCUT2D eigenvalue weighted by Gasteiger charge is 2.53. The number of alkyl halides is 2. The Kier molecular flexibility index (Phi) is 53.6. The van der Waals surface area contributed by atoms with Crippen LogP contribution >= 0.6 is 70.8 Å². The highest BCUT2D eigenvalue weighted by atomic mass is 32.2. The Hall–Kier alpha value is -5.25. The second-order valence-corrected chi connectivity index (χ2v) is 34.6. The summed E-state index contributed by atoms with van der Waals surface area (Å²) in [6, 6.07) is 8.51. The fourth-order valence-electron chi connectivity index (χ4n) is 7.57. The number of halogens is 2. The number of benzene rings is 1. The van der Waals surface area contributed by atoms with Crippen molar-refractivity contribution in [1.29, 1.82) is 0 Å². The van der Waals surface area contributed by atoms with Gasteiger partial charge in [-0.05, 0) is 118 Å². The standard InChI is InChI=1S/C21H31FNO8PS.2C9H16O5PS.C8H14O4S.C7H13FO3.C6H8O4.C6H10O4.C2H6/c1-14-21(4,22)17(24)16(31-14)13-30-32(27,23-15-9-7-6-8-10-15)29-11-12-33-19(26)20(2,3)18(25)28-5;2*1-9(2,7(10)13-3)8(11)16-6-5-14-15(4)12;1-8(2,6(10)12-3)7(11)13-5-4-9;1-4-7(2,8)6(10)5(3-9)11-4;1-6(2)9-4(7)3-5(8)10-6;1-6(2,4(7)8)5(9)10-3;1-2/h6-10,14,16-17,24H,11-13H2,1-5H3,(H,23,27);2*5-6H2,1-4H3;9H,4-5H2,1-3H3;4-6,9-10H,3H2,1-2H3;3H2,1-2H3;1-3H3,(H,7,8);1-2H3/q;2*+1;;;;;/t14-,16+,17+,21-,32?;;;;4-,5+,6+,7-;;;/m0...0.../s1. The number of para-hydroxylation sites is 1. The number of methoxy groups -OCH3 is 5. The Morgan fingerprint density at radius 1 is 0.541 bits per heavy atom. The fraction of sp³-hybridized carbons (Fsp3) is 0.735. The smallest absolute Gasteiger partial charge is 0.480 e. The van der Waals surface area contributed by atoms with Gasteiger partial charge < -0.3 is 68.2 Å². The van der Waals surface area contributed by atoms with Gasteiger partial charge in [-0.25, -0.2) is 13.3 Å².